The van der Waals surface area contributed by atoms with Crippen LogP contribution in [0.3, 0.4) is 0 Å². The number of alkyl halides is 3. The smallest absolute Gasteiger partial charge is 0.416 e. The zero-order chi connectivity index (χ0) is 11.0. The molecule has 15 heavy (non-hydrogen) atoms. The molecule has 0 saturated heterocycles. The van der Waals surface area contributed by atoms with E-state index in [2.05, 4.69) is 0 Å². The van der Waals surface area contributed by atoms with Gasteiger partial charge in [0.15, 0.2) is 0 Å². The van der Waals surface area contributed by atoms with Crippen molar-refractivity contribution in [2.45, 2.75) is 6.18 Å². The van der Waals surface area contributed by atoms with E-state index in [0.717, 1.165) is 6.07 Å². The Bertz CT molecular complexity index is 299. The third kappa shape index (κ3) is 3.53. The van der Waals surface area contributed by atoms with Crippen LogP contribution in [0.2, 0.25) is 0 Å². The van der Waals surface area contributed by atoms with Crippen molar-refractivity contribution in [3.8, 4) is 0 Å². The Morgan fingerprint density at radius 2 is 1.60 bits per heavy atom. The van der Waals surface area contributed by atoms with Gasteiger partial charge in [0, 0.05) is 6.07 Å². The monoisotopic (exact) mass is 221 g/mol. The minimum Gasteiger partial charge on any atom is -0.870 e. The maximum atomic E-state index is 12.3. The Kier molecular flexibility index (Phi) is 3.90. The number of quaternary nitrogens is 1. The summed E-state index contributed by atoms with van der Waals surface area (Å²) in [5, 5.41) is 0. The first-order valence-electron chi connectivity index (χ1n) is 4.20. The average molecular weight is 221 g/mol. The summed E-state index contributed by atoms with van der Waals surface area (Å²) < 4.78 is 37.4. The summed E-state index contributed by atoms with van der Waals surface area (Å²) in [5.74, 6) is 0. The molecule has 0 radical (unpaired) electrons. The lowest BCUT2D eigenvalue weighted by Crippen LogP contribution is -2.34. The lowest BCUT2D eigenvalue weighted by Gasteiger charge is -2.24. The molecule has 0 aliphatic heterocycles. The number of halogens is 3. The molecule has 1 N–H and O–H groups in total. The molecule has 0 bridgehead atoms. The molecule has 86 valence electrons. The van der Waals surface area contributed by atoms with Gasteiger partial charge in [-0.25, -0.2) is 0 Å². The summed E-state index contributed by atoms with van der Waals surface area (Å²) >= 11 is 0. The highest BCUT2D eigenvalue weighted by atomic mass is 19.4. The van der Waals surface area contributed by atoms with Crippen LogP contribution in [-0.4, -0.2) is 26.6 Å². The van der Waals surface area contributed by atoms with Crippen molar-refractivity contribution in [1.29, 1.82) is 0 Å². The van der Waals surface area contributed by atoms with Crippen molar-refractivity contribution < 1.29 is 18.6 Å². The number of hydrogen-bond donors (Lipinski definition) is 0. The maximum absolute atomic E-state index is 12.3. The molecule has 2 nitrogen and oxygen atoms in total. The van der Waals surface area contributed by atoms with Gasteiger partial charge in [-0.1, -0.05) is 6.07 Å². The third-order valence-corrected chi connectivity index (χ3v) is 1.95. The highest BCUT2D eigenvalue weighted by molar-refractivity contribution is 5.44. The van der Waals surface area contributed by atoms with Crippen LogP contribution in [0.4, 0.5) is 18.9 Å². The number of benzene rings is 1. The molecule has 1 aromatic rings. The van der Waals surface area contributed by atoms with Crippen LogP contribution in [0.15, 0.2) is 24.3 Å². The lowest BCUT2D eigenvalue weighted by atomic mass is 10.2. The summed E-state index contributed by atoms with van der Waals surface area (Å²) in [6, 6.07) is 5.38. The van der Waals surface area contributed by atoms with E-state index in [1.54, 1.807) is 6.07 Å². The normalized spacial score (nSPS) is 12.1. The van der Waals surface area contributed by atoms with E-state index in [-0.39, 0.29) is 5.48 Å². The van der Waals surface area contributed by atoms with Crippen molar-refractivity contribution in [2.24, 2.45) is 0 Å². The summed E-state index contributed by atoms with van der Waals surface area (Å²) in [6.45, 7) is 0. The third-order valence-electron chi connectivity index (χ3n) is 1.95. The van der Waals surface area contributed by atoms with Crippen molar-refractivity contribution >= 4 is 5.69 Å². The SMILES string of the molecule is C[N+](C)(C)c1cccc(C(F)(F)F)c1.[OH-]. The van der Waals surface area contributed by atoms with Gasteiger partial charge >= 0.3 is 6.18 Å². The molecule has 1 rings (SSSR count). The molecule has 0 spiro atoms. The van der Waals surface area contributed by atoms with Crippen LogP contribution < -0.4 is 4.48 Å². The molecule has 0 aliphatic carbocycles. The predicted octanol–water partition coefficient (Wildman–Crippen LogP) is 2.73. The molecule has 0 aromatic heterocycles. The molecule has 0 heterocycles. The first kappa shape index (κ1) is 13.9. The zero-order valence-electron chi connectivity index (χ0n) is 8.84. The number of nitrogens with zero attached hydrogens (tertiary/aromatic N) is 1. The van der Waals surface area contributed by atoms with Crippen LogP contribution in [0.5, 0.6) is 0 Å². The Morgan fingerprint density at radius 3 is 2.00 bits per heavy atom. The second-order valence-corrected chi connectivity index (χ2v) is 4.06. The predicted molar refractivity (Wildman–Crippen MR) is 52.9 cm³/mol. The van der Waals surface area contributed by atoms with Crippen molar-refractivity contribution in [3.63, 3.8) is 0 Å². The number of hydrogen-bond acceptors (Lipinski definition) is 1. The molecule has 0 amide bonds. The van der Waals surface area contributed by atoms with Gasteiger partial charge in [0.2, 0.25) is 0 Å². The Balaban J connectivity index is 0.00000196. The van der Waals surface area contributed by atoms with Crippen LogP contribution in [-0.2, 0) is 6.18 Å². The van der Waals surface area contributed by atoms with E-state index >= 15 is 0 Å². The van der Waals surface area contributed by atoms with Gasteiger partial charge in [-0.3, -0.25) is 4.48 Å². The van der Waals surface area contributed by atoms with E-state index < -0.39 is 11.7 Å². The summed E-state index contributed by atoms with van der Waals surface area (Å²) in [6.07, 6.45) is -4.26. The van der Waals surface area contributed by atoms with Gasteiger partial charge < -0.3 is 5.48 Å². The van der Waals surface area contributed by atoms with E-state index in [4.69, 9.17) is 0 Å². The fourth-order valence-corrected chi connectivity index (χ4v) is 1.10. The van der Waals surface area contributed by atoms with Gasteiger partial charge in [0.1, 0.15) is 5.69 Å². The van der Waals surface area contributed by atoms with Crippen LogP contribution in [0, 0.1) is 0 Å². The molecule has 0 unspecified atom stereocenters. The van der Waals surface area contributed by atoms with E-state index in [1.165, 1.54) is 12.1 Å². The van der Waals surface area contributed by atoms with E-state index in [0.29, 0.717) is 10.2 Å². The van der Waals surface area contributed by atoms with Crippen LogP contribution >= 0.6 is 0 Å². The fraction of sp³-hybridized carbons (Fsp3) is 0.400. The fourth-order valence-electron chi connectivity index (χ4n) is 1.10. The number of rotatable bonds is 1. The van der Waals surface area contributed by atoms with Crippen LogP contribution in [0.25, 0.3) is 0 Å². The van der Waals surface area contributed by atoms with Crippen LogP contribution in [0.1, 0.15) is 5.56 Å². The van der Waals surface area contributed by atoms with Crippen molar-refractivity contribution in [3.05, 3.63) is 29.8 Å². The molecule has 5 heteroatoms. The summed E-state index contributed by atoms with van der Waals surface area (Å²) in [4.78, 5) is 0. The molecule has 0 aliphatic rings. The van der Waals surface area contributed by atoms with Gasteiger partial charge in [-0.05, 0) is 12.1 Å². The molecule has 0 fully saturated rings. The lowest BCUT2D eigenvalue weighted by molar-refractivity contribution is -0.137. The standard InChI is InChI=1S/C10H13F3N.H2O/c1-14(2,3)9-6-4-5-8(7-9)10(11,12)13;/h4-7H,1-3H3;1H2/q+1;/p-1. The zero-order valence-corrected chi connectivity index (χ0v) is 8.84. The van der Waals surface area contributed by atoms with E-state index in [1.807, 2.05) is 21.1 Å². The molecular weight excluding hydrogens is 207 g/mol. The molecule has 1 aromatic carbocycles. The quantitative estimate of drug-likeness (QED) is 0.670. The summed E-state index contributed by atoms with van der Waals surface area (Å²) in [7, 11) is 5.49. The Morgan fingerprint density at radius 1 is 1.07 bits per heavy atom. The second kappa shape index (κ2) is 4.20. The summed E-state index contributed by atoms with van der Waals surface area (Å²) in [5.41, 5.74) is 0.0443. The highest BCUT2D eigenvalue weighted by Crippen LogP contribution is 2.32. The highest BCUT2D eigenvalue weighted by Gasteiger charge is 2.31. The second-order valence-electron chi connectivity index (χ2n) is 4.06. The van der Waals surface area contributed by atoms with Gasteiger partial charge in [-0.2, -0.15) is 13.2 Å². The van der Waals surface area contributed by atoms with Crippen molar-refractivity contribution in [1.82, 2.24) is 4.48 Å². The average Bonchev–Trinajstić information content (AvgIpc) is 2.01. The first-order chi connectivity index (χ1) is 6.21. The topological polar surface area (TPSA) is 30.0 Å². The van der Waals surface area contributed by atoms with Crippen molar-refractivity contribution in [2.75, 3.05) is 21.1 Å². The maximum Gasteiger partial charge on any atom is 0.416 e. The Hall–Kier alpha value is -1.07. The largest absolute Gasteiger partial charge is 0.870 e. The van der Waals surface area contributed by atoms with Gasteiger partial charge in [0.25, 0.3) is 0 Å². The van der Waals surface area contributed by atoms with E-state index in [9.17, 15) is 13.2 Å². The molecular formula is C10H14F3NO. The van der Waals surface area contributed by atoms with Gasteiger partial charge in [-0.15, -0.1) is 0 Å². The van der Waals surface area contributed by atoms with Gasteiger partial charge in [0.05, 0.1) is 26.7 Å². The minimum atomic E-state index is -4.26. The Labute approximate surface area is 86.8 Å². The first-order valence-corrected chi connectivity index (χ1v) is 4.20. The molecule has 0 saturated carbocycles. The minimum absolute atomic E-state index is 0. The molecule has 0 atom stereocenters.